The molecule has 0 saturated carbocycles. The summed E-state index contributed by atoms with van der Waals surface area (Å²) < 4.78 is 4.14. The van der Waals surface area contributed by atoms with Crippen LogP contribution in [0.4, 0.5) is 5.69 Å². The molecule has 3 nitrogen and oxygen atoms in total. The molecule has 2 N–H and O–H groups in total. The highest BCUT2D eigenvalue weighted by Crippen LogP contribution is 2.07. The molecule has 1 aromatic carbocycles. The van der Waals surface area contributed by atoms with E-state index in [2.05, 4.69) is 10.6 Å². The summed E-state index contributed by atoms with van der Waals surface area (Å²) in [5, 5.41) is 0. The lowest BCUT2D eigenvalue weighted by molar-refractivity contribution is -0.671. The normalized spacial score (nSPS) is 10.4. The van der Waals surface area contributed by atoms with E-state index in [9.17, 15) is 0 Å². The lowest BCUT2D eigenvalue weighted by Crippen LogP contribution is -2.23. The minimum atomic E-state index is 0.819. The highest BCUT2D eigenvalue weighted by atomic mass is 15.1. The summed E-state index contributed by atoms with van der Waals surface area (Å²) in [7, 11) is 2.01. The Morgan fingerprint density at radius 1 is 1.43 bits per heavy atom. The van der Waals surface area contributed by atoms with E-state index < -0.39 is 0 Å². The van der Waals surface area contributed by atoms with Gasteiger partial charge >= 0.3 is 0 Å². The molecule has 0 aliphatic carbocycles. The molecular weight excluding hydrogens is 174 g/mol. The van der Waals surface area contributed by atoms with Crippen molar-refractivity contribution in [1.82, 2.24) is 4.57 Å². The van der Waals surface area contributed by atoms with E-state index in [0.29, 0.717) is 0 Å². The minimum absolute atomic E-state index is 0.819. The van der Waals surface area contributed by atoms with Gasteiger partial charge in [-0.15, -0.1) is 0 Å². The average Bonchev–Trinajstić information content (AvgIpc) is 2.51. The van der Waals surface area contributed by atoms with Gasteiger partial charge in [0, 0.05) is 5.69 Å². The molecule has 0 radical (unpaired) electrons. The van der Waals surface area contributed by atoms with Gasteiger partial charge in [0.05, 0.1) is 7.05 Å². The van der Waals surface area contributed by atoms with Crippen LogP contribution >= 0.6 is 0 Å². The quantitative estimate of drug-likeness (QED) is 0.552. The van der Waals surface area contributed by atoms with Crippen LogP contribution in [0.2, 0.25) is 0 Å². The number of aromatic nitrogens is 2. The van der Waals surface area contributed by atoms with Crippen molar-refractivity contribution in [2.45, 2.75) is 6.54 Å². The van der Waals surface area contributed by atoms with Crippen molar-refractivity contribution in [3.05, 3.63) is 48.5 Å². The fraction of sp³-hybridized carbons (Fsp3) is 0.182. The second-order valence-corrected chi connectivity index (χ2v) is 3.50. The number of nitrogens with two attached hydrogens (primary N) is 1. The van der Waals surface area contributed by atoms with Gasteiger partial charge in [-0.25, -0.2) is 9.13 Å². The maximum absolute atomic E-state index is 5.70. The minimum Gasteiger partial charge on any atom is -0.399 e. The molecule has 1 aromatic heterocycles. The Balaban J connectivity index is 2.18. The number of nitrogen functional groups attached to an aromatic ring is 1. The molecule has 3 heteroatoms. The summed E-state index contributed by atoms with van der Waals surface area (Å²) in [5.74, 6) is 0. The summed E-state index contributed by atoms with van der Waals surface area (Å²) in [6, 6.07) is 7.96. The van der Waals surface area contributed by atoms with E-state index in [1.54, 1.807) is 0 Å². The van der Waals surface area contributed by atoms with E-state index in [-0.39, 0.29) is 0 Å². The first-order valence-electron chi connectivity index (χ1n) is 4.59. The second-order valence-electron chi connectivity index (χ2n) is 3.50. The van der Waals surface area contributed by atoms with Gasteiger partial charge < -0.3 is 5.73 Å². The zero-order valence-electron chi connectivity index (χ0n) is 8.22. The molecule has 0 amide bonds. The van der Waals surface area contributed by atoms with Gasteiger partial charge in [-0.1, -0.05) is 12.1 Å². The van der Waals surface area contributed by atoms with Crippen LogP contribution in [-0.4, -0.2) is 4.57 Å². The first-order valence-corrected chi connectivity index (χ1v) is 4.59. The standard InChI is InChI=1S/C11H14N3/c1-13-5-6-14(9-13)8-10-3-2-4-11(12)7-10/h2-7,9H,8,12H2,1H3/q+1. The molecular formula is C11H14N3+. The Kier molecular flexibility index (Phi) is 2.23. The van der Waals surface area contributed by atoms with Crippen LogP contribution in [0.3, 0.4) is 0 Å². The molecule has 0 saturated heterocycles. The topological polar surface area (TPSA) is 34.8 Å². The van der Waals surface area contributed by atoms with Crippen LogP contribution in [0.15, 0.2) is 43.0 Å². The molecule has 2 rings (SSSR count). The highest BCUT2D eigenvalue weighted by molar-refractivity contribution is 5.40. The lowest BCUT2D eigenvalue weighted by Gasteiger charge is -1.98. The Morgan fingerprint density at radius 2 is 2.29 bits per heavy atom. The molecule has 0 atom stereocenters. The number of imidazole rings is 1. The number of hydrogen-bond acceptors (Lipinski definition) is 1. The van der Waals surface area contributed by atoms with Crippen LogP contribution in [0.1, 0.15) is 5.56 Å². The summed E-state index contributed by atoms with van der Waals surface area (Å²) in [6.45, 7) is 0.867. The van der Waals surface area contributed by atoms with Crippen molar-refractivity contribution in [2.75, 3.05) is 5.73 Å². The second kappa shape index (κ2) is 3.54. The monoisotopic (exact) mass is 188 g/mol. The van der Waals surface area contributed by atoms with Gasteiger partial charge in [0.2, 0.25) is 6.33 Å². The smallest absolute Gasteiger partial charge is 0.243 e. The molecule has 72 valence electrons. The van der Waals surface area contributed by atoms with E-state index in [1.165, 1.54) is 5.56 Å². The van der Waals surface area contributed by atoms with Crippen molar-refractivity contribution in [3.8, 4) is 0 Å². The van der Waals surface area contributed by atoms with Gasteiger partial charge in [0.1, 0.15) is 18.9 Å². The Morgan fingerprint density at radius 3 is 2.93 bits per heavy atom. The van der Waals surface area contributed by atoms with E-state index in [1.807, 2.05) is 48.5 Å². The number of benzene rings is 1. The summed E-state index contributed by atoms with van der Waals surface area (Å²) in [5.41, 5.74) is 7.74. The summed E-state index contributed by atoms with van der Waals surface area (Å²) in [6.07, 6.45) is 6.11. The maximum atomic E-state index is 5.70. The van der Waals surface area contributed by atoms with Crippen LogP contribution in [0.5, 0.6) is 0 Å². The summed E-state index contributed by atoms with van der Waals surface area (Å²) >= 11 is 0. The number of aryl methyl sites for hydroxylation is 1. The zero-order valence-corrected chi connectivity index (χ0v) is 8.22. The number of rotatable bonds is 2. The predicted molar refractivity (Wildman–Crippen MR) is 55.6 cm³/mol. The van der Waals surface area contributed by atoms with Crippen molar-refractivity contribution in [3.63, 3.8) is 0 Å². The van der Waals surface area contributed by atoms with E-state index in [0.717, 1.165) is 12.2 Å². The fourth-order valence-electron chi connectivity index (χ4n) is 1.50. The van der Waals surface area contributed by atoms with Crippen LogP contribution < -0.4 is 10.3 Å². The summed E-state index contributed by atoms with van der Waals surface area (Å²) in [4.78, 5) is 0. The van der Waals surface area contributed by atoms with Crippen molar-refractivity contribution in [2.24, 2.45) is 7.05 Å². The molecule has 0 fully saturated rings. The molecule has 0 bridgehead atoms. The Bertz CT molecular complexity index is 432. The predicted octanol–water partition coefficient (Wildman–Crippen LogP) is 0.943. The third kappa shape index (κ3) is 1.93. The lowest BCUT2D eigenvalue weighted by atomic mass is 10.2. The number of anilines is 1. The van der Waals surface area contributed by atoms with Gasteiger partial charge in [-0.05, 0) is 17.7 Å². The molecule has 0 aliphatic heterocycles. The van der Waals surface area contributed by atoms with Crippen LogP contribution in [-0.2, 0) is 13.6 Å². The Hall–Kier alpha value is -1.77. The first-order chi connectivity index (χ1) is 6.74. The van der Waals surface area contributed by atoms with Crippen LogP contribution in [0, 0.1) is 0 Å². The SMILES string of the molecule is C[n+]1ccn(Cc2cccc(N)c2)c1. The van der Waals surface area contributed by atoms with Crippen molar-refractivity contribution in [1.29, 1.82) is 0 Å². The molecule has 2 aromatic rings. The third-order valence-electron chi connectivity index (χ3n) is 2.14. The molecule has 0 spiro atoms. The van der Waals surface area contributed by atoms with Gasteiger partial charge in [-0.2, -0.15) is 0 Å². The van der Waals surface area contributed by atoms with Crippen molar-refractivity contribution < 1.29 is 4.57 Å². The van der Waals surface area contributed by atoms with Gasteiger partial charge in [-0.3, -0.25) is 0 Å². The molecule has 0 unspecified atom stereocenters. The molecule has 0 aliphatic rings. The fourth-order valence-corrected chi connectivity index (χ4v) is 1.50. The number of hydrogen-bond donors (Lipinski definition) is 1. The molecule has 1 heterocycles. The Labute approximate surface area is 83.4 Å². The maximum Gasteiger partial charge on any atom is 0.243 e. The molecule has 14 heavy (non-hydrogen) atoms. The largest absolute Gasteiger partial charge is 0.399 e. The van der Waals surface area contributed by atoms with Gasteiger partial charge in [0.25, 0.3) is 0 Å². The van der Waals surface area contributed by atoms with Crippen LogP contribution in [0.25, 0.3) is 0 Å². The zero-order chi connectivity index (χ0) is 9.97. The van der Waals surface area contributed by atoms with E-state index >= 15 is 0 Å². The van der Waals surface area contributed by atoms with Gasteiger partial charge in [0.15, 0.2) is 0 Å². The third-order valence-corrected chi connectivity index (χ3v) is 2.14. The number of nitrogens with zero attached hydrogens (tertiary/aromatic N) is 2. The first kappa shape index (κ1) is 8.81. The average molecular weight is 188 g/mol. The van der Waals surface area contributed by atoms with Crippen molar-refractivity contribution >= 4 is 5.69 Å². The highest BCUT2D eigenvalue weighted by Gasteiger charge is 2.01. The van der Waals surface area contributed by atoms with E-state index in [4.69, 9.17) is 5.73 Å².